The van der Waals surface area contributed by atoms with Crippen LogP contribution in [0.15, 0.2) is 18.2 Å². The summed E-state index contributed by atoms with van der Waals surface area (Å²) in [5.41, 5.74) is 0.704. The second-order valence-electron chi connectivity index (χ2n) is 5.69. The Bertz CT molecular complexity index is 660. The van der Waals surface area contributed by atoms with Crippen molar-refractivity contribution in [2.75, 3.05) is 23.4 Å². The number of hydrogen-bond donors (Lipinski definition) is 1. The molecule has 0 bridgehead atoms. The van der Waals surface area contributed by atoms with Gasteiger partial charge in [0.05, 0.1) is 11.5 Å². The highest BCUT2D eigenvalue weighted by atomic mass is 35.5. The number of anilines is 1. The van der Waals surface area contributed by atoms with Gasteiger partial charge in [0.2, 0.25) is 0 Å². The molecule has 0 radical (unpaired) electrons. The molecule has 0 spiro atoms. The molecule has 8 heteroatoms. The lowest BCUT2D eigenvalue weighted by Gasteiger charge is -2.31. The van der Waals surface area contributed by atoms with Gasteiger partial charge < -0.3 is 10.2 Å². The van der Waals surface area contributed by atoms with Crippen LogP contribution in [0.2, 0.25) is 10.0 Å². The Labute approximate surface area is 153 Å². The standard InChI is InChI=1S/C15H20Cl2N2O2S2/c1-2-3-5-19(14-4-6-23(20,21)10-14)15(22)18-13-8-11(16)7-12(17)9-13/h7-9,14H,2-6,10H2,1H3,(H,18,22)/t14-/m0/s1. The van der Waals surface area contributed by atoms with E-state index in [2.05, 4.69) is 12.2 Å². The maximum Gasteiger partial charge on any atom is 0.173 e. The molecule has 1 heterocycles. The van der Waals surface area contributed by atoms with Gasteiger partial charge in [-0.2, -0.15) is 0 Å². The molecule has 1 aliphatic rings. The summed E-state index contributed by atoms with van der Waals surface area (Å²) in [5.74, 6) is 0.390. The molecule has 1 aliphatic heterocycles. The van der Waals surface area contributed by atoms with Gasteiger partial charge >= 0.3 is 0 Å². The molecule has 1 N–H and O–H groups in total. The van der Waals surface area contributed by atoms with Gasteiger partial charge in [-0.1, -0.05) is 36.5 Å². The Morgan fingerprint density at radius 3 is 2.52 bits per heavy atom. The Morgan fingerprint density at radius 2 is 2.00 bits per heavy atom. The zero-order valence-corrected chi connectivity index (χ0v) is 16.0. The maximum atomic E-state index is 11.8. The average Bonchev–Trinajstić information content (AvgIpc) is 2.78. The fraction of sp³-hybridized carbons (Fsp3) is 0.533. The van der Waals surface area contributed by atoms with Gasteiger partial charge in [0.25, 0.3) is 0 Å². The van der Waals surface area contributed by atoms with E-state index in [1.54, 1.807) is 18.2 Å². The lowest BCUT2D eigenvalue weighted by atomic mass is 10.2. The van der Waals surface area contributed by atoms with Crippen molar-refractivity contribution < 1.29 is 8.42 Å². The molecular formula is C15H20Cl2N2O2S2. The molecule has 1 atom stereocenters. The first-order valence-electron chi connectivity index (χ1n) is 7.55. The van der Waals surface area contributed by atoms with E-state index >= 15 is 0 Å². The first-order chi connectivity index (χ1) is 10.8. The van der Waals surface area contributed by atoms with Crippen LogP contribution in [0.5, 0.6) is 0 Å². The summed E-state index contributed by atoms with van der Waals surface area (Å²) < 4.78 is 23.5. The van der Waals surface area contributed by atoms with Gasteiger partial charge in [0.15, 0.2) is 14.9 Å². The number of nitrogens with one attached hydrogen (secondary N) is 1. The summed E-state index contributed by atoms with van der Waals surface area (Å²) in [5, 5.41) is 4.68. The molecule has 1 aromatic carbocycles. The summed E-state index contributed by atoms with van der Waals surface area (Å²) in [6, 6.07) is 5.06. The number of nitrogens with zero attached hydrogens (tertiary/aromatic N) is 1. The van der Waals surface area contributed by atoms with E-state index in [0.717, 1.165) is 19.4 Å². The van der Waals surface area contributed by atoms with Crippen molar-refractivity contribution in [2.24, 2.45) is 0 Å². The maximum absolute atomic E-state index is 11.8. The molecule has 0 unspecified atom stereocenters. The minimum Gasteiger partial charge on any atom is -0.345 e. The van der Waals surface area contributed by atoms with E-state index in [4.69, 9.17) is 35.4 Å². The molecule has 1 aromatic rings. The van der Waals surface area contributed by atoms with E-state index in [9.17, 15) is 8.42 Å². The summed E-state index contributed by atoms with van der Waals surface area (Å²) in [6.07, 6.45) is 2.58. The van der Waals surface area contributed by atoms with Crippen molar-refractivity contribution in [1.29, 1.82) is 0 Å². The van der Waals surface area contributed by atoms with Gasteiger partial charge in [0.1, 0.15) is 0 Å². The number of hydrogen-bond acceptors (Lipinski definition) is 3. The third kappa shape index (κ3) is 5.48. The van der Waals surface area contributed by atoms with E-state index in [1.807, 2.05) is 4.90 Å². The van der Waals surface area contributed by atoms with Crippen molar-refractivity contribution in [2.45, 2.75) is 32.2 Å². The van der Waals surface area contributed by atoms with Crippen LogP contribution < -0.4 is 5.32 Å². The number of unbranched alkanes of at least 4 members (excludes halogenated alkanes) is 1. The van der Waals surface area contributed by atoms with Crippen LogP contribution in [0.1, 0.15) is 26.2 Å². The van der Waals surface area contributed by atoms with Crippen molar-refractivity contribution >= 4 is 56.1 Å². The number of halogens is 2. The van der Waals surface area contributed by atoms with E-state index < -0.39 is 9.84 Å². The zero-order chi connectivity index (χ0) is 17.0. The van der Waals surface area contributed by atoms with E-state index in [-0.39, 0.29) is 17.5 Å². The minimum atomic E-state index is -2.96. The second-order valence-corrected chi connectivity index (χ2v) is 9.18. The quantitative estimate of drug-likeness (QED) is 0.765. The summed E-state index contributed by atoms with van der Waals surface area (Å²) in [4.78, 5) is 1.98. The van der Waals surface area contributed by atoms with Gasteiger partial charge in [-0.3, -0.25) is 0 Å². The van der Waals surface area contributed by atoms with Crippen LogP contribution in [0.25, 0.3) is 0 Å². The van der Waals surface area contributed by atoms with Gasteiger partial charge in [-0.05, 0) is 43.3 Å². The third-order valence-corrected chi connectivity index (χ3v) is 6.30. The predicted molar refractivity (Wildman–Crippen MR) is 101 cm³/mol. The molecular weight excluding hydrogens is 375 g/mol. The normalized spacial score (nSPS) is 19.5. The Hall–Kier alpha value is -0.560. The molecule has 1 saturated heterocycles. The fourth-order valence-electron chi connectivity index (χ4n) is 2.62. The number of rotatable bonds is 5. The lowest BCUT2D eigenvalue weighted by Crippen LogP contribution is -2.44. The molecule has 0 amide bonds. The third-order valence-electron chi connectivity index (χ3n) is 3.78. The Morgan fingerprint density at radius 1 is 1.35 bits per heavy atom. The number of thiocarbonyl (C=S) groups is 1. The smallest absolute Gasteiger partial charge is 0.173 e. The number of sulfone groups is 1. The summed E-state index contributed by atoms with van der Waals surface area (Å²) in [6.45, 7) is 2.83. The average molecular weight is 395 g/mol. The molecule has 2 rings (SSSR count). The van der Waals surface area contributed by atoms with Crippen LogP contribution >= 0.6 is 35.4 Å². The van der Waals surface area contributed by atoms with Crippen molar-refractivity contribution in [3.8, 4) is 0 Å². The SMILES string of the molecule is CCCCN(C(=S)Nc1cc(Cl)cc(Cl)c1)[C@H]1CCS(=O)(=O)C1. The van der Waals surface area contributed by atoms with Crippen LogP contribution in [0.3, 0.4) is 0 Å². The second kappa shape index (κ2) is 8.01. The molecule has 1 fully saturated rings. The summed E-state index contributed by atoms with van der Waals surface area (Å²) in [7, 11) is -2.96. The largest absolute Gasteiger partial charge is 0.345 e. The summed E-state index contributed by atoms with van der Waals surface area (Å²) >= 11 is 17.5. The first kappa shape index (κ1) is 18.8. The predicted octanol–water partition coefficient (Wildman–Crippen LogP) is 3.98. The van der Waals surface area contributed by atoms with Crippen LogP contribution in [0.4, 0.5) is 5.69 Å². The highest BCUT2D eigenvalue weighted by molar-refractivity contribution is 7.91. The highest BCUT2D eigenvalue weighted by Gasteiger charge is 2.33. The molecule has 0 aromatic heterocycles. The van der Waals surface area contributed by atoms with Crippen LogP contribution in [-0.4, -0.2) is 42.5 Å². The Balaban J connectivity index is 2.13. The molecule has 0 saturated carbocycles. The van der Waals surface area contributed by atoms with Crippen molar-refractivity contribution in [1.82, 2.24) is 4.90 Å². The van der Waals surface area contributed by atoms with Crippen LogP contribution in [0, 0.1) is 0 Å². The number of benzene rings is 1. The van der Waals surface area contributed by atoms with Gasteiger partial charge in [-0.15, -0.1) is 0 Å². The highest BCUT2D eigenvalue weighted by Crippen LogP contribution is 2.24. The van der Waals surface area contributed by atoms with Crippen LogP contribution in [-0.2, 0) is 9.84 Å². The van der Waals surface area contributed by atoms with Crippen molar-refractivity contribution in [3.63, 3.8) is 0 Å². The van der Waals surface area contributed by atoms with E-state index in [0.29, 0.717) is 27.3 Å². The zero-order valence-electron chi connectivity index (χ0n) is 12.9. The monoisotopic (exact) mass is 394 g/mol. The lowest BCUT2D eigenvalue weighted by molar-refractivity contribution is 0.333. The Kier molecular flexibility index (Phi) is 6.54. The van der Waals surface area contributed by atoms with Gasteiger partial charge in [0, 0.05) is 28.3 Å². The van der Waals surface area contributed by atoms with Crippen molar-refractivity contribution in [3.05, 3.63) is 28.2 Å². The molecule has 23 heavy (non-hydrogen) atoms. The topological polar surface area (TPSA) is 49.4 Å². The van der Waals surface area contributed by atoms with E-state index in [1.165, 1.54) is 0 Å². The van der Waals surface area contributed by atoms with Gasteiger partial charge in [-0.25, -0.2) is 8.42 Å². The minimum absolute atomic E-state index is 0.0683. The molecule has 4 nitrogen and oxygen atoms in total. The fourth-order valence-corrected chi connectivity index (χ4v) is 5.24. The molecule has 0 aliphatic carbocycles. The molecule has 128 valence electrons. The first-order valence-corrected chi connectivity index (χ1v) is 10.5.